The van der Waals surface area contributed by atoms with Gasteiger partial charge in [-0.15, -0.1) is 0 Å². The molecule has 0 atom stereocenters. The zero-order chi connectivity index (χ0) is 16.7. The molecule has 0 aromatic heterocycles. The SMILES string of the molecule is COc1ccc(OCCCC(=O)Nc2ccc(C)cc2F)cc1. The third-order valence-corrected chi connectivity index (χ3v) is 3.28. The Balaban J connectivity index is 1.72. The van der Waals surface area contributed by atoms with Gasteiger partial charge < -0.3 is 14.8 Å². The first-order chi connectivity index (χ1) is 11.1. The number of methoxy groups -OCH3 is 1. The molecule has 0 radical (unpaired) electrons. The summed E-state index contributed by atoms with van der Waals surface area (Å²) >= 11 is 0. The maximum Gasteiger partial charge on any atom is 0.224 e. The summed E-state index contributed by atoms with van der Waals surface area (Å²) in [5, 5.41) is 2.57. The fourth-order valence-electron chi connectivity index (χ4n) is 2.03. The lowest BCUT2D eigenvalue weighted by Gasteiger charge is -2.08. The lowest BCUT2D eigenvalue weighted by molar-refractivity contribution is -0.116. The van der Waals surface area contributed by atoms with E-state index in [0.29, 0.717) is 13.0 Å². The summed E-state index contributed by atoms with van der Waals surface area (Å²) in [7, 11) is 1.60. The number of aryl methyl sites for hydroxylation is 1. The molecule has 0 aliphatic heterocycles. The fourth-order valence-corrected chi connectivity index (χ4v) is 2.03. The van der Waals surface area contributed by atoms with Crippen LogP contribution >= 0.6 is 0 Å². The van der Waals surface area contributed by atoms with E-state index in [1.807, 2.05) is 12.1 Å². The van der Waals surface area contributed by atoms with Gasteiger partial charge in [0.15, 0.2) is 0 Å². The number of nitrogens with one attached hydrogen (secondary N) is 1. The van der Waals surface area contributed by atoms with E-state index in [1.165, 1.54) is 6.07 Å². The Bertz CT molecular complexity index is 656. The molecule has 1 N–H and O–H groups in total. The molecule has 0 saturated carbocycles. The summed E-state index contributed by atoms with van der Waals surface area (Å²) in [6, 6.07) is 11.9. The van der Waals surface area contributed by atoms with E-state index in [9.17, 15) is 9.18 Å². The van der Waals surface area contributed by atoms with Gasteiger partial charge in [-0.25, -0.2) is 4.39 Å². The highest BCUT2D eigenvalue weighted by atomic mass is 19.1. The lowest BCUT2D eigenvalue weighted by Crippen LogP contribution is -2.13. The first-order valence-corrected chi connectivity index (χ1v) is 7.41. The van der Waals surface area contributed by atoms with Crippen molar-refractivity contribution in [3.05, 3.63) is 53.8 Å². The van der Waals surface area contributed by atoms with E-state index in [1.54, 1.807) is 38.3 Å². The second-order valence-corrected chi connectivity index (χ2v) is 5.16. The summed E-state index contributed by atoms with van der Waals surface area (Å²) in [5.74, 6) is 0.826. The summed E-state index contributed by atoms with van der Waals surface area (Å²) in [5.41, 5.74) is 1.02. The first-order valence-electron chi connectivity index (χ1n) is 7.41. The standard InChI is InChI=1S/C18H20FNO3/c1-13-5-10-17(16(19)12-13)20-18(21)4-3-11-23-15-8-6-14(22-2)7-9-15/h5-10,12H,3-4,11H2,1-2H3,(H,20,21). The van der Waals surface area contributed by atoms with Crippen LogP contribution in [0, 0.1) is 12.7 Å². The Kier molecular flexibility index (Phi) is 5.97. The molecule has 2 rings (SSSR count). The number of carbonyl (C=O) groups is 1. The molecule has 2 aromatic rings. The minimum absolute atomic E-state index is 0.205. The quantitative estimate of drug-likeness (QED) is 0.787. The van der Waals surface area contributed by atoms with E-state index in [4.69, 9.17) is 9.47 Å². The lowest BCUT2D eigenvalue weighted by atomic mass is 10.2. The van der Waals surface area contributed by atoms with Crippen molar-refractivity contribution in [1.29, 1.82) is 0 Å². The van der Waals surface area contributed by atoms with E-state index in [0.717, 1.165) is 17.1 Å². The molecule has 4 nitrogen and oxygen atoms in total. The second kappa shape index (κ2) is 8.17. The van der Waals surface area contributed by atoms with Crippen molar-refractivity contribution < 1.29 is 18.7 Å². The molecule has 2 aromatic carbocycles. The zero-order valence-corrected chi connectivity index (χ0v) is 13.3. The zero-order valence-electron chi connectivity index (χ0n) is 13.3. The highest BCUT2D eigenvalue weighted by Crippen LogP contribution is 2.18. The second-order valence-electron chi connectivity index (χ2n) is 5.16. The van der Waals surface area contributed by atoms with E-state index in [2.05, 4.69) is 5.32 Å². The maximum absolute atomic E-state index is 13.6. The van der Waals surface area contributed by atoms with Crippen LogP contribution < -0.4 is 14.8 Å². The van der Waals surface area contributed by atoms with Gasteiger partial charge in [0.25, 0.3) is 0 Å². The highest BCUT2D eigenvalue weighted by Gasteiger charge is 2.07. The van der Waals surface area contributed by atoms with Gasteiger partial charge in [-0.1, -0.05) is 6.07 Å². The number of halogens is 1. The summed E-state index contributed by atoms with van der Waals surface area (Å²) in [6.45, 7) is 2.21. The fraction of sp³-hybridized carbons (Fsp3) is 0.278. The van der Waals surface area contributed by atoms with E-state index < -0.39 is 5.82 Å². The molecule has 0 aliphatic rings. The van der Waals surface area contributed by atoms with Gasteiger partial charge in [0.2, 0.25) is 5.91 Å². The molecular weight excluding hydrogens is 297 g/mol. The molecule has 0 bridgehead atoms. The molecule has 122 valence electrons. The van der Waals surface area contributed by atoms with Gasteiger partial charge in [-0.05, 0) is 55.3 Å². The van der Waals surface area contributed by atoms with Crippen molar-refractivity contribution in [2.24, 2.45) is 0 Å². The summed E-state index contributed by atoms with van der Waals surface area (Å²) < 4.78 is 24.2. The number of amides is 1. The molecule has 5 heteroatoms. The van der Waals surface area contributed by atoms with Gasteiger partial charge >= 0.3 is 0 Å². The normalized spacial score (nSPS) is 10.2. The molecule has 1 amide bonds. The van der Waals surface area contributed by atoms with Gasteiger partial charge in [-0.2, -0.15) is 0 Å². The van der Waals surface area contributed by atoms with Gasteiger partial charge in [0.1, 0.15) is 17.3 Å². The van der Waals surface area contributed by atoms with Crippen LogP contribution in [0.3, 0.4) is 0 Å². The molecule has 0 fully saturated rings. The van der Waals surface area contributed by atoms with Crippen molar-refractivity contribution in [2.75, 3.05) is 19.0 Å². The minimum Gasteiger partial charge on any atom is -0.497 e. The summed E-state index contributed by atoms with van der Waals surface area (Å²) in [4.78, 5) is 11.8. The monoisotopic (exact) mass is 317 g/mol. The highest BCUT2D eigenvalue weighted by molar-refractivity contribution is 5.90. The van der Waals surface area contributed by atoms with Crippen molar-refractivity contribution in [1.82, 2.24) is 0 Å². The minimum atomic E-state index is -0.423. The predicted molar refractivity (Wildman–Crippen MR) is 87.5 cm³/mol. The van der Waals surface area contributed by atoms with Crippen molar-refractivity contribution >= 4 is 11.6 Å². The van der Waals surface area contributed by atoms with Crippen LogP contribution in [-0.2, 0) is 4.79 Å². The van der Waals surface area contributed by atoms with Gasteiger partial charge in [0.05, 0.1) is 19.4 Å². The molecule has 0 heterocycles. The molecule has 0 unspecified atom stereocenters. The Labute approximate surface area is 135 Å². The molecular formula is C18H20FNO3. The van der Waals surface area contributed by atoms with Crippen molar-refractivity contribution in [2.45, 2.75) is 19.8 Å². The summed E-state index contributed by atoms with van der Waals surface area (Å²) in [6.07, 6.45) is 0.814. The van der Waals surface area contributed by atoms with Gasteiger partial charge in [-0.3, -0.25) is 4.79 Å². The number of rotatable bonds is 7. The van der Waals surface area contributed by atoms with Crippen LogP contribution in [0.2, 0.25) is 0 Å². The number of carbonyl (C=O) groups excluding carboxylic acids is 1. The molecule has 0 aliphatic carbocycles. The Morgan fingerprint density at radius 2 is 1.83 bits per heavy atom. The smallest absolute Gasteiger partial charge is 0.224 e. The van der Waals surface area contributed by atoms with Crippen LogP contribution in [-0.4, -0.2) is 19.6 Å². The predicted octanol–water partition coefficient (Wildman–Crippen LogP) is 3.94. The molecule has 23 heavy (non-hydrogen) atoms. The van der Waals surface area contributed by atoms with Crippen molar-refractivity contribution in [3.63, 3.8) is 0 Å². The van der Waals surface area contributed by atoms with Crippen LogP contribution in [0.15, 0.2) is 42.5 Å². The average Bonchev–Trinajstić information content (AvgIpc) is 2.55. The Morgan fingerprint density at radius 1 is 1.13 bits per heavy atom. The molecule has 0 spiro atoms. The maximum atomic E-state index is 13.6. The van der Waals surface area contributed by atoms with Crippen molar-refractivity contribution in [3.8, 4) is 11.5 Å². The largest absolute Gasteiger partial charge is 0.497 e. The number of hydrogen-bond acceptors (Lipinski definition) is 3. The number of ether oxygens (including phenoxy) is 2. The van der Waals surface area contributed by atoms with Crippen LogP contribution in [0.4, 0.5) is 10.1 Å². The van der Waals surface area contributed by atoms with Crippen LogP contribution in [0.5, 0.6) is 11.5 Å². The third-order valence-electron chi connectivity index (χ3n) is 3.28. The number of hydrogen-bond donors (Lipinski definition) is 1. The van der Waals surface area contributed by atoms with E-state index in [-0.39, 0.29) is 18.0 Å². The topological polar surface area (TPSA) is 47.6 Å². The van der Waals surface area contributed by atoms with Gasteiger partial charge in [0, 0.05) is 6.42 Å². The molecule has 0 saturated heterocycles. The first kappa shape index (κ1) is 16.8. The average molecular weight is 317 g/mol. The van der Waals surface area contributed by atoms with Crippen LogP contribution in [0.1, 0.15) is 18.4 Å². The number of anilines is 1. The Hall–Kier alpha value is -2.56. The Morgan fingerprint density at radius 3 is 2.48 bits per heavy atom. The van der Waals surface area contributed by atoms with Crippen LogP contribution in [0.25, 0.3) is 0 Å². The third kappa shape index (κ3) is 5.29. The van der Waals surface area contributed by atoms with E-state index >= 15 is 0 Å². The number of benzene rings is 2.